The number of halogens is 1. The van der Waals surface area contributed by atoms with Crippen LogP contribution in [0.1, 0.15) is 29.2 Å². The molecular formula is C14H17FN2S. The second kappa shape index (κ2) is 6.07. The van der Waals surface area contributed by atoms with E-state index in [1.165, 1.54) is 12.1 Å². The van der Waals surface area contributed by atoms with E-state index in [4.69, 9.17) is 0 Å². The minimum Gasteiger partial charge on any atom is -0.310 e. The lowest BCUT2D eigenvalue weighted by Crippen LogP contribution is -2.21. The first-order valence-electron chi connectivity index (χ1n) is 6.05. The van der Waals surface area contributed by atoms with Gasteiger partial charge >= 0.3 is 0 Å². The average Bonchev–Trinajstić information content (AvgIpc) is 2.76. The highest BCUT2D eigenvalue weighted by Gasteiger charge is 2.05. The Labute approximate surface area is 111 Å². The monoisotopic (exact) mass is 264 g/mol. The molecule has 2 rings (SSSR count). The smallest absolute Gasteiger partial charge is 0.123 e. The zero-order chi connectivity index (χ0) is 13.0. The molecule has 18 heavy (non-hydrogen) atoms. The van der Waals surface area contributed by atoms with Gasteiger partial charge in [-0.05, 0) is 31.5 Å². The van der Waals surface area contributed by atoms with Crippen LogP contribution in [-0.2, 0) is 6.42 Å². The Morgan fingerprint density at radius 3 is 2.67 bits per heavy atom. The molecule has 1 heterocycles. The van der Waals surface area contributed by atoms with Crippen LogP contribution in [0.3, 0.4) is 0 Å². The van der Waals surface area contributed by atoms with Crippen molar-refractivity contribution in [1.82, 2.24) is 10.3 Å². The third kappa shape index (κ3) is 3.62. The number of nitrogens with one attached hydrogen (secondary N) is 1. The molecule has 1 aromatic heterocycles. The van der Waals surface area contributed by atoms with E-state index in [1.807, 2.05) is 19.1 Å². The Morgan fingerprint density at radius 2 is 2.06 bits per heavy atom. The fourth-order valence-electron chi connectivity index (χ4n) is 1.81. The van der Waals surface area contributed by atoms with Crippen LogP contribution in [0.15, 0.2) is 29.6 Å². The molecule has 0 radical (unpaired) electrons. The van der Waals surface area contributed by atoms with Gasteiger partial charge in [0.1, 0.15) is 5.82 Å². The minimum absolute atomic E-state index is 0.191. The van der Waals surface area contributed by atoms with Crippen molar-refractivity contribution in [3.05, 3.63) is 51.7 Å². The number of aromatic nitrogens is 1. The molecular weight excluding hydrogens is 247 g/mol. The highest BCUT2D eigenvalue weighted by molar-refractivity contribution is 7.09. The van der Waals surface area contributed by atoms with Gasteiger partial charge in [-0.15, -0.1) is 11.3 Å². The van der Waals surface area contributed by atoms with Crippen LogP contribution >= 0.6 is 11.3 Å². The highest BCUT2D eigenvalue weighted by Crippen LogP contribution is 2.13. The van der Waals surface area contributed by atoms with Gasteiger partial charge in [0.15, 0.2) is 0 Å². The molecule has 4 heteroatoms. The molecule has 0 saturated carbocycles. The van der Waals surface area contributed by atoms with E-state index in [1.54, 1.807) is 11.3 Å². The molecule has 0 aliphatic heterocycles. The summed E-state index contributed by atoms with van der Waals surface area (Å²) in [5.74, 6) is -0.191. The number of thiazole rings is 1. The van der Waals surface area contributed by atoms with Crippen LogP contribution in [0.4, 0.5) is 4.39 Å². The summed E-state index contributed by atoms with van der Waals surface area (Å²) in [5.41, 5.74) is 2.24. The molecule has 2 nitrogen and oxygen atoms in total. The summed E-state index contributed by atoms with van der Waals surface area (Å²) in [6, 6.07) is 6.86. The molecule has 1 atom stereocenters. The summed E-state index contributed by atoms with van der Waals surface area (Å²) >= 11 is 1.68. The molecule has 0 spiro atoms. The van der Waals surface area contributed by atoms with Crippen molar-refractivity contribution < 1.29 is 4.39 Å². The molecule has 0 amide bonds. The maximum absolute atomic E-state index is 12.8. The third-order valence-corrected chi connectivity index (χ3v) is 3.69. The van der Waals surface area contributed by atoms with Gasteiger partial charge < -0.3 is 5.32 Å². The molecule has 96 valence electrons. The van der Waals surface area contributed by atoms with Gasteiger partial charge in [-0.2, -0.15) is 0 Å². The summed E-state index contributed by atoms with van der Waals surface area (Å²) in [5, 5.41) is 6.62. The summed E-state index contributed by atoms with van der Waals surface area (Å²) in [6.45, 7) is 4.98. The summed E-state index contributed by atoms with van der Waals surface area (Å²) < 4.78 is 12.8. The second-order valence-electron chi connectivity index (χ2n) is 4.34. The van der Waals surface area contributed by atoms with Gasteiger partial charge in [-0.1, -0.05) is 12.1 Å². The first-order chi connectivity index (χ1) is 8.65. The lowest BCUT2D eigenvalue weighted by Gasteiger charge is -2.13. The molecule has 0 aliphatic rings. The van der Waals surface area contributed by atoms with Gasteiger partial charge in [-0.3, -0.25) is 0 Å². The summed E-state index contributed by atoms with van der Waals surface area (Å²) in [6.07, 6.45) is 0.926. The number of benzene rings is 1. The Hall–Kier alpha value is -1.26. The molecule has 0 bridgehead atoms. The molecule has 2 aromatic rings. The van der Waals surface area contributed by atoms with Crippen LogP contribution in [0.2, 0.25) is 0 Å². The Balaban J connectivity index is 1.81. The predicted molar refractivity (Wildman–Crippen MR) is 73.4 cm³/mol. The van der Waals surface area contributed by atoms with Gasteiger partial charge in [0.2, 0.25) is 0 Å². The van der Waals surface area contributed by atoms with E-state index in [0.717, 1.165) is 29.2 Å². The standard InChI is InChI=1S/C14H17FN2S/c1-10(12-3-5-13(15)6-4-12)16-8-7-14-9-18-11(2)17-14/h3-6,9-10,16H,7-8H2,1-2H3. The van der Waals surface area contributed by atoms with Crippen LogP contribution < -0.4 is 5.32 Å². The normalized spacial score (nSPS) is 12.6. The molecule has 0 saturated heterocycles. The van der Waals surface area contributed by atoms with E-state index in [-0.39, 0.29) is 11.9 Å². The number of rotatable bonds is 5. The van der Waals surface area contributed by atoms with E-state index in [9.17, 15) is 4.39 Å². The van der Waals surface area contributed by atoms with Gasteiger partial charge in [0.25, 0.3) is 0 Å². The Kier molecular flexibility index (Phi) is 4.44. The first kappa shape index (κ1) is 13.2. The topological polar surface area (TPSA) is 24.9 Å². The maximum atomic E-state index is 12.8. The van der Waals surface area contributed by atoms with E-state index >= 15 is 0 Å². The number of nitrogens with zero attached hydrogens (tertiary/aromatic N) is 1. The fraction of sp³-hybridized carbons (Fsp3) is 0.357. The van der Waals surface area contributed by atoms with Crippen LogP contribution in [0.5, 0.6) is 0 Å². The molecule has 0 aliphatic carbocycles. The average molecular weight is 264 g/mol. The first-order valence-corrected chi connectivity index (χ1v) is 6.93. The van der Waals surface area contributed by atoms with Crippen molar-refractivity contribution in [2.24, 2.45) is 0 Å². The van der Waals surface area contributed by atoms with Crippen LogP contribution in [0, 0.1) is 12.7 Å². The van der Waals surface area contributed by atoms with Gasteiger partial charge in [0, 0.05) is 24.4 Å². The third-order valence-electron chi connectivity index (χ3n) is 2.87. The zero-order valence-corrected chi connectivity index (χ0v) is 11.4. The predicted octanol–water partition coefficient (Wildman–Crippen LogP) is 3.48. The Bertz CT molecular complexity index is 493. The SMILES string of the molecule is Cc1nc(CCNC(C)c2ccc(F)cc2)cs1. The fourth-order valence-corrected chi connectivity index (χ4v) is 2.46. The van der Waals surface area contributed by atoms with Crippen molar-refractivity contribution in [1.29, 1.82) is 0 Å². The quantitative estimate of drug-likeness (QED) is 0.894. The number of aryl methyl sites for hydroxylation is 1. The van der Waals surface area contributed by atoms with Crippen molar-refractivity contribution in [3.8, 4) is 0 Å². The van der Waals surface area contributed by atoms with Crippen LogP contribution in [0.25, 0.3) is 0 Å². The van der Waals surface area contributed by atoms with Crippen molar-refractivity contribution in [3.63, 3.8) is 0 Å². The lowest BCUT2D eigenvalue weighted by atomic mass is 10.1. The Morgan fingerprint density at radius 1 is 1.33 bits per heavy atom. The summed E-state index contributed by atoms with van der Waals surface area (Å²) in [4.78, 5) is 4.42. The molecule has 1 N–H and O–H groups in total. The van der Waals surface area contributed by atoms with Crippen molar-refractivity contribution in [2.75, 3.05) is 6.54 Å². The van der Waals surface area contributed by atoms with Gasteiger partial charge in [0.05, 0.1) is 10.7 Å². The van der Waals surface area contributed by atoms with Crippen LogP contribution in [-0.4, -0.2) is 11.5 Å². The maximum Gasteiger partial charge on any atom is 0.123 e. The van der Waals surface area contributed by atoms with Crippen molar-refractivity contribution >= 4 is 11.3 Å². The largest absolute Gasteiger partial charge is 0.310 e. The number of hydrogen-bond acceptors (Lipinski definition) is 3. The second-order valence-corrected chi connectivity index (χ2v) is 5.40. The van der Waals surface area contributed by atoms with E-state index in [0.29, 0.717) is 0 Å². The zero-order valence-electron chi connectivity index (χ0n) is 10.6. The molecule has 1 aromatic carbocycles. The summed E-state index contributed by atoms with van der Waals surface area (Å²) in [7, 11) is 0. The number of hydrogen-bond donors (Lipinski definition) is 1. The molecule has 0 fully saturated rings. The van der Waals surface area contributed by atoms with E-state index in [2.05, 4.69) is 22.6 Å². The highest BCUT2D eigenvalue weighted by atomic mass is 32.1. The van der Waals surface area contributed by atoms with Gasteiger partial charge in [-0.25, -0.2) is 9.37 Å². The molecule has 1 unspecified atom stereocenters. The minimum atomic E-state index is -0.191. The van der Waals surface area contributed by atoms with E-state index < -0.39 is 0 Å². The van der Waals surface area contributed by atoms with Crippen molar-refractivity contribution in [2.45, 2.75) is 26.3 Å². The lowest BCUT2D eigenvalue weighted by molar-refractivity contribution is 0.571.